The second kappa shape index (κ2) is 5.37. The highest BCUT2D eigenvalue weighted by Gasteiger charge is 2.54. The van der Waals surface area contributed by atoms with Crippen molar-refractivity contribution in [2.75, 3.05) is 7.11 Å². The molecule has 2 saturated carbocycles. The minimum Gasteiger partial charge on any atom is -0.381 e. The molecule has 4 rings (SSSR count). The van der Waals surface area contributed by atoms with Crippen LogP contribution in [0.15, 0.2) is 12.1 Å². The minimum absolute atomic E-state index is 0.432. The van der Waals surface area contributed by atoms with Gasteiger partial charge in [-0.05, 0) is 90.9 Å². The molecule has 1 radical (unpaired) electrons. The van der Waals surface area contributed by atoms with Crippen molar-refractivity contribution in [3.63, 3.8) is 0 Å². The third kappa shape index (κ3) is 2.01. The van der Waals surface area contributed by atoms with E-state index in [0.717, 1.165) is 24.2 Å². The highest BCUT2D eigenvalue weighted by molar-refractivity contribution is 5.37. The molecule has 1 heteroatoms. The van der Waals surface area contributed by atoms with Crippen LogP contribution in [0.3, 0.4) is 0 Å². The first-order chi connectivity index (χ1) is 10.7. The fourth-order valence-electron chi connectivity index (χ4n) is 6.09. The fraction of sp³-hybridized carbons (Fsp3) is 0.714. The normalized spacial score (nSPS) is 40.0. The largest absolute Gasteiger partial charge is 0.381 e. The molecule has 22 heavy (non-hydrogen) atoms. The molecule has 0 N–H and O–H groups in total. The van der Waals surface area contributed by atoms with Crippen LogP contribution in [0, 0.1) is 23.3 Å². The van der Waals surface area contributed by atoms with Crippen molar-refractivity contribution in [2.24, 2.45) is 17.3 Å². The maximum Gasteiger partial charge on any atom is 0.0627 e. The van der Waals surface area contributed by atoms with E-state index in [4.69, 9.17) is 4.74 Å². The van der Waals surface area contributed by atoms with Crippen LogP contribution in [-0.4, -0.2) is 13.2 Å². The number of aryl methyl sites for hydroxylation is 2. The summed E-state index contributed by atoms with van der Waals surface area (Å²) in [5.41, 5.74) is 5.09. The first-order valence-corrected chi connectivity index (χ1v) is 9.23. The maximum atomic E-state index is 5.86. The van der Waals surface area contributed by atoms with Gasteiger partial charge in [0.2, 0.25) is 0 Å². The van der Waals surface area contributed by atoms with E-state index in [2.05, 4.69) is 32.0 Å². The van der Waals surface area contributed by atoms with E-state index in [9.17, 15) is 0 Å². The van der Waals surface area contributed by atoms with Gasteiger partial charge in [0.1, 0.15) is 0 Å². The van der Waals surface area contributed by atoms with Crippen LogP contribution in [0.5, 0.6) is 0 Å². The van der Waals surface area contributed by atoms with E-state index in [0.29, 0.717) is 11.5 Å². The van der Waals surface area contributed by atoms with E-state index < -0.39 is 0 Å². The molecule has 0 unspecified atom stereocenters. The van der Waals surface area contributed by atoms with Gasteiger partial charge in [0.05, 0.1) is 6.10 Å². The number of benzene rings is 1. The highest BCUT2D eigenvalue weighted by Crippen LogP contribution is 2.61. The molecule has 3 aliphatic rings. The molecule has 1 aromatic carbocycles. The van der Waals surface area contributed by atoms with E-state index in [1.165, 1.54) is 44.1 Å². The number of hydrogen-bond donors (Lipinski definition) is 0. The van der Waals surface area contributed by atoms with Crippen molar-refractivity contribution in [1.82, 2.24) is 0 Å². The first kappa shape index (κ1) is 14.8. The molecular formula is C21H29O. The lowest BCUT2D eigenvalue weighted by atomic mass is 9.55. The van der Waals surface area contributed by atoms with E-state index in [1.54, 1.807) is 11.1 Å². The zero-order chi connectivity index (χ0) is 15.3. The van der Waals surface area contributed by atoms with Crippen LogP contribution in [-0.2, 0) is 17.6 Å². The summed E-state index contributed by atoms with van der Waals surface area (Å²) in [6.45, 7) is 4.76. The molecule has 5 atom stereocenters. The summed E-state index contributed by atoms with van der Waals surface area (Å²) < 4.78 is 5.86. The highest BCUT2D eigenvalue weighted by atomic mass is 16.5. The maximum absolute atomic E-state index is 5.86. The Kier molecular flexibility index (Phi) is 3.60. The van der Waals surface area contributed by atoms with Crippen molar-refractivity contribution in [3.05, 3.63) is 34.9 Å². The first-order valence-electron chi connectivity index (χ1n) is 9.23. The minimum atomic E-state index is 0.432. The standard InChI is InChI=1S/C21H29O/c1-4-14-5-6-15-7-8-17-16(18(15)13-14)11-12-21(2)19(17)9-10-20(21)22-3/h6,13,16-17,19-20H,4,7-12H2,1-3H3/t16-,17+,19-,20-,21-/m0/s1. The number of methoxy groups -OCH3 is 1. The van der Waals surface area contributed by atoms with Crippen LogP contribution in [0.1, 0.15) is 68.6 Å². The van der Waals surface area contributed by atoms with Crippen LogP contribution < -0.4 is 0 Å². The molecule has 0 amide bonds. The van der Waals surface area contributed by atoms with Crippen molar-refractivity contribution < 1.29 is 4.74 Å². The average molecular weight is 297 g/mol. The molecule has 0 heterocycles. The Bertz CT molecular complexity index is 563. The van der Waals surface area contributed by atoms with Gasteiger partial charge in [-0.15, -0.1) is 0 Å². The smallest absolute Gasteiger partial charge is 0.0627 e. The predicted molar refractivity (Wildman–Crippen MR) is 90.1 cm³/mol. The summed E-state index contributed by atoms with van der Waals surface area (Å²) in [5, 5.41) is 0. The van der Waals surface area contributed by atoms with Crippen LogP contribution in [0.4, 0.5) is 0 Å². The van der Waals surface area contributed by atoms with Gasteiger partial charge in [0.25, 0.3) is 0 Å². The molecule has 1 aromatic rings. The Morgan fingerprint density at radius 1 is 1.27 bits per heavy atom. The van der Waals surface area contributed by atoms with Crippen LogP contribution in [0.25, 0.3) is 0 Å². The van der Waals surface area contributed by atoms with E-state index in [1.807, 2.05) is 7.11 Å². The van der Waals surface area contributed by atoms with Gasteiger partial charge in [-0.25, -0.2) is 0 Å². The summed E-state index contributed by atoms with van der Waals surface area (Å²) in [5.74, 6) is 2.56. The van der Waals surface area contributed by atoms with Crippen molar-refractivity contribution in [1.29, 1.82) is 0 Å². The van der Waals surface area contributed by atoms with Gasteiger partial charge in [0, 0.05) is 7.11 Å². The quantitative estimate of drug-likeness (QED) is 0.753. The van der Waals surface area contributed by atoms with E-state index >= 15 is 0 Å². The van der Waals surface area contributed by atoms with E-state index in [-0.39, 0.29) is 0 Å². The van der Waals surface area contributed by atoms with Gasteiger partial charge in [-0.3, -0.25) is 0 Å². The lowest BCUT2D eigenvalue weighted by Gasteiger charge is -2.50. The Labute approximate surface area is 135 Å². The molecule has 0 aliphatic heterocycles. The zero-order valence-corrected chi connectivity index (χ0v) is 14.3. The monoisotopic (exact) mass is 297 g/mol. The third-order valence-corrected chi connectivity index (χ3v) is 7.29. The number of rotatable bonds is 2. The Morgan fingerprint density at radius 3 is 2.91 bits per heavy atom. The lowest BCUT2D eigenvalue weighted by molar-refractivity contribution is -0.0444. The van der Waals surface area contributed by atoms with Crippen LogP contribution in [0.2, 0.25) is 0 Å². The summed E-state index contributed by atoms with van der Waals surface area (Å²) in [6.07, 6.45) is 9.61. The van der Waals surface area contributed by atoms with Crippen molar-refractivity contribution >= 4 is 0 Å². The predicted octanol–water partition coefficient (Wildman–Crippen LogP) is 4.92. The SMILES string of the molecule is CCc1[c]cc2c(c1)[C@H]1CC[C@]3(C)[C@@H](OC)CC[C@H]3[C@@H]1CC2. The molecule has 0 spiro atoms. The molecule has 0 aromatic heterocycles. The van der Waals surface area contributed by atoms with Gasteiger partial charge >= 0.3 is 0 Å². The summed E-state index contributed by atoms with van der Waals surface area (Å²) in [4.78, 5) is 0. The summed E-state index contributed by atoms with van der Waals surface area (Å²) >= 11 is 0. The average Bonchev–Trinajstić information content (AvgIpc) is 2.90. The molecule has 0 saturated heterocycles. The fourth-order valence-corrected chi connectivity index (χ4v) is 6.09. The molecule has 0 bridgehead atoms. The van der Waals surface area contributed by atoms with Gasteiger partial charge < -0.3 is 4.74 Å². The van der Waals surface area contributed by atoms with Crippen molar-refractivity contribution in [2.45, 2.75) is 70.8 Å². The molecule has 3 aliphatic carbocycles. The zero-order valence-electron chi connectivity index (χ0n) is 14.3. The second-order valence-corrected chi connectivity index (χ2v) is 8.05. The summed E-state index contributed by atoms with van der Waals surface area (Å²) in [7, 11) is 1.92. The molecule has 119 valence electrons. The number of ether oxygens (including phenoxy) is 1. The number of fused-ring (bicyclic) bond motifs is 5. The summed E-state index contributed by atoms with van der Waals surface area (Å²) in [6, 6.07) is 8.27. The van der Waals surface area contributed by atoms with Gasteiger partial charge in [-0.1, -0.05) is 26.0 Å². The number of hydrogen-bond acceptors (Lipinski definition) is 1. The topological polar surface area (TPSA) is 9.23 Å². The van der Waals surface area contributed by atoms with Crippen LogP contribution >= 0.6 is 0 Å². The lowest BCUT2D eigenvalue weighted by Crippen LogP contribution is -2.44. The van der Waals surface area contributed by atoms with Crippen molar-refractivity contribution in [3.8, 4) is 0 Å². The second-order valence-electron chi connectivity index (χ2n) is 8.05. The molecular weight excluding hydrogens is 268 g/mol. The third-order valence-electron chi connectivity index (χ3n) is 7.29. The van der Waals surface area contributed by atoms with Gasteiger partial charge in [-0.2, -0.15) is 0 Å². The Hall–Kier alpha value is -0.820. The molecule has 1 nitrogen and oxygen atoms in total. The Balaban J connectivity index is 1.68. The van der Waals surface area contributed by atoms with Gasteiger partial charge in [0.15, 0.2) is 0 Å². The molecule has 2 fully saturated rings. The Morgan fingerprint density at radius 2 is 2.14 bits per heavy atom.